The van der Waals surface area contributed by atoms with Crippen molar-refractivity contribution < 1.29 is 37.4 Å². The second kappa shape index (κ2) is 13.0. The predicted octanol–water partition coefficient (Wildman–Crippen LogP) is 2.72. The van der Waals surface area contributed by atoms with E-state index in [1.165, 1.54) is 25.1 Å². The van der Waals surface area contributed by atoms with Crippen LogP contribution in [0.25, 0.3) is 0 Å². The molecule has 0 saturated heterocycles. The van der Waals surface area contributed by atoms with Crippen molar-refractivity contribution in [1.82, 2.24) is 10.6 Å². The predicted molar refractivity (Wildman–Crippen MR) is 121 cm³/mol. The molecule has 2 aromatic rings. The highest BCUT2D eigenvalue weighted by molar-refractivity contribution is 6.05. The first-order chi connectivity index (χ1) is 16.6. The van der Waals surface area contributed by atoms with Crippen molar-refractivity contribution in [2.75, 3.05) is 11.4 Å². The van der Waals surface area contributed by atoms with E-state index in [1.54, 1.807) is 30.3 Å². The molecule has 35 heavy (non-hydrogen) atoms. The zero-order valence-electron chi connectivity index (χ0n) is 18.7. The fourth-order valence-electron chi connectivity index (χ4n) is 2.94. The van der Waals surface area contributed by atoms with Gasteiger partial charge in [0.25, 0.3) is 0 Å². The summed E-state index contributed by atoms with van der Waals surface area (Å²) in [5.74, 6) is 2.20. The fraction of sp³-hybridized carbons (Fsp3) is 0.292. The zero-order valence-corrected chi connectivity index (χ0v) is 18.7. The highest BCUT2D eigenvalue weighted by Gasteiger charge is 2.42. The number of alkyl carbamates (subject to hydrolysis) is 1. The van der Waals surface area contributed by atoms with Gasteiger partial charge in [-0.3, -0.25) is 9.59 Å². The lowest BCUT2D eigenvalue weighted by molar-refractivity contribution is -0.151. The van der Waals surface area contributed by atoms with Crippen molar-refractivity contribution in [2.24, 2.45) is 0 Å². The number of carbonyl (C=O) groups is 3. The molecule has 0 saturated carbocycles. The molecule has 0 aliphatic rings. The van der Waals surface area contributed by atoms with Gasteiger partial charge in [-0.05, 0) is 24.6 Å². The van der Waals surface area contributed by atoms with Crippen LogP contribution in [-0.4, -0.2) is 48.0 Å². The molecule has 2 atom stereocenters. The minimum absolute atomic E-state index is 0.0255. The average Bonchev–Trinajstić information content (AvgIpc) is 2.81. The van der Waals surface area contributed by atoms with Gasteiger partial charge >= 0.3 is 12.4 Å². The summed E-state index contributed by atoms with van der Waals surface area (Å²) in [6, 6.07) is 13.9. The summed E-state index contributed by atoms with van der Waals surface area (Å²) in [7, 11) is 0. The number of aliphatic hydroxyl groups excluding tert-OH is 1. The van der Waals surface area contributed by atoms with Crippen LogP contribution in [0.1, 0.15) is 18.9 Å². The molecule has 8 nitrogen and oxygen atoms in total. The van der Waals surface area contributed by atoms with Crippen LogP contribution in [0.4, 0.5) is 23.7 Å². The van der Waals surface area contributed by atoms with Crippen LogP contribution in [0.5, 0.6) is 0 Å². The van der Waals surface area contributed by atoms with E-state index < -0.39 is 53.4 Å². The Kier molecular flexibility index (Phi) is 10.1. The number of hydrogen-bond donors (Lipinski definition) is 3. The number of aliphatic hydroxyl groups is 1. The number of halogens is 3. The summed E-state index contributed by atoms with van der Waals surface area (Å²) in [4.78, 5) is 36.2. The second-order valence-electron chi connectivity index (χ2n) is 7.17. The molecular formula is C24H24F3N3O5. The molecule has 2 aromatic carbocycles. The first-order valence-corrected chi connectivity index (χ1v) is 10.4. The molecule has 3 amide bonds. The molecular weight excluding hydrogens is 467 g/mol. The van der Waals surface area contributed by atoms with E-state index in [0.29, 0.717) is 0 Å². The SMILES string of the molecule is CC#C[C@H](O)[C@H](CNC(=O)OCc1ccccc1)NC(=O)CC(=O)N(c1ccccc1)C(F)(F)F. The number of benzene rings is 2. The number of nitrogens with one attached hydrogen (secondary N) is 2. The molecule has 0 aliphatic heterocycles. The maximum absolute atomic E-state index is 13.5. The van der Waals surface area contributed by atoms with Gasteiger partial charge in [-0.25, -0.2) is 9.69 Å². The molecule has 0 heterocycles. The van der Waals surface area contributed by atoms with Crippen molar-refractivity contribution >= 4 is 23.6 Å². The smallest absolute Gasteiger partial charge is 0.445 e. The van der Waals surface area contributed by atoms with Gasteiger partial charge in [0.05, 0.1) is 11.7 Å². The van der Waals surface area contributed by atoms with Crippen LogP contribution in [0.2, 0.25) is 0 Å². The van der Waals surface area contributed by atoms with Crippen LogP contribution in [-0.2, 0) is 20.9 Å². The number of ether oxygens (including phenoxy) is 1. The van der Waals surface area contributed by atoms with Crippen LogP contribution in [0.15, 0.2) is 60.7 Å². The van der Waals surface area contributed by atoms with Gasteiger partial charge in [-0.15, -0.1) is 19.1 Å². The summed E-state index contributed by atoms with van der Waals surface area (Å²) in [6.45, 7) is 1.04. The summed E-state index contributed by atoms with van der Waals surface area (Å²) >= 11 is 0. The molecule has 2 rings (SSSR count). The standard InChI is InChI=1S/C24H24F3N3O5/c1-2-9-20(31)19(15-28-23(34)35-16-17-10-5-3-6-11-17)29-21(32)14-22(33)30(24(25,26)27)18-12-7-4-8-13-18/h3-8,10-13,19-20,31H,14-16H2,1H3,(H,28,34)(H,29,32)/t19-,20-/m0/s1. The molecule has 186 valence electrons. The van der Waals surface area contributed by atoms with Gasteiger partial charge in [0, 0.05) is 6.54 Å². The fourth-order valence-corrected chi connectivity index (χ4v) is 2.94. The minimum atomic E-state index is -5.06. The molecule has 3 N–H and O–H groups in total. The van der Waals surface area contributed by atoms with E-state index >= 15 is 0 Å². The van der Waals surface area contributed by atoms with Crippen LogP contribution >= 0.6 is 0 Å². The van der Waals surface area contributed by atoms with Crippen molar-refractivity contribution in [3.8, 4) is 11.8 Å². The van der Waals surface area contributed by atoms with Crippen LogP contribution in [0, 0.1) is 11.8 Å². The third-order valence-corrected chi connectivity index (χ3v) is 4.53. The lowest BCUT2D eigenvalue weighted by Gasteiger charge is -2.26. The Bertz CT molecular complexity index is 1050. The zero-order chi connectivity index (χ0) is 25.8. The molecule has 0 fully saturated rings. The minimum Gasteiger partial charge on any atom is -0.445 e. The van der Waals surface area contributed by atoms with Crippen molar-refractivity contribution in [1.29, 1.82) is 0 Å². The molecule has 0 bridgehead atoms. The number of hydrogen-bond acceptors (Lipinski definition) is 5. The van der Waals surface area contributed by atoms with E-state index in [-0.39, 0.29) is 13.2 Å². The van der Waals surface area contributed by atoms with Gasteiger partial charge in [-0.1, -0.05) is 54.5 Å². The maximum Gasteiger partial charge on any atom is 0.491 e. The third-order valence-electron chi connectivity index (χ3n) is 4.53. The van der Waals surface area contributed by atoms with Gasteiger partial charge < -0.3 is 20.5 Å². The second-order valence-corrected chi connectivity index (χ2v) is 7.17. The first kappa shape index (κ1) is 27.2. The third kappa shape index (κ3) is 9.02. The molecule has 0 unspecified atom stereocenters. The van der Waals surface area contributed by atoms with Crippen molar-refractivity contribution in [2.45, 2.75) is 38.4 Å². The van der Waals surface area contributed by atoms with E-state index in [4.69, 9.17) is 4.74 Å². The Hall–Kier alpha value is -4.04. The van der Waals surface area contributed by atoms with Gasteiger partial charge in [0.2, 0.25) is 11.8 Å². The molecule has 0 aliphatic carbocycles. The number of para-hydroxylation sites is 1. The largest absolute Gasteiger partial charge is 0.491 e. The lowest BCUT2D eigenvalue weighted by Crippen LogP contribution is -2.51. The Morgan fingerprint density at radius 3 is 2.23 bits per heavy atom. The molecule has 0 radical (unpaired) electrons. The van der Waals surface area contributed by atoms with Crippen molar-refractivity contribution in [3.63, 3.8) is 0 Å². The summed E-state index contributed by atoms with van der Waals surface area (Å²) in [5, 5.41) is 14.8. The highest BCUT2D eigenvalue weighted by Crippen LogP contribution is 2.29. The first-order valence-electron chi connectivity index (χ1n) is 10.4. The molecule has 0 aromatic heterocycles. The van der Waals surface area contributed by atoms with E-state index in [1.807, 2.05) is 0 Å². The molecule has 0 spiro atoms. The maximum atomic E-state index is 13.5. The Balaban J connectivity index is 1.99. The van der Waals surface area contributed by atoms with Gasteiger partial charge in [-0.2, -0.15) is 0 Å². The number of alkyl halides is 3. The summed E-state index contributed by atoms with van der Waals surface area (Å²) in [5.41, 5.74) is 0.282. The van der Waals surface area contributed by atoms with Crippen molar-refractivity contribution in [3.05, 3.63) is 66.2 Å². The highest BCUT2D eigenvalue weighted by atomic mass is 19.4. The number of carbonyl (C=O) groups excluding carboxylic acids is 3. The number of nitrogens with zero attached hydrogens (tertiary/aromatic N) is 1. The molecule has 11 heteroatoms. The number of amides is 3. The van der Waals surface area contributed by atoms with E-state index in [9.17, 15) is 32.7 Å². The quantitative estimate of drug-likeness (QED) is 0.284. The van der Waals surface area contributed by atoms with Gasteiger partial charge in [0.15, 0.2) is 0 Å². The van der Waals surface area contributed by atoms with Crippen LogP contribution in [0.3, 0.4) is 0 Å². The number of anilines is 1. The average molecular weight is 491 g/mol. The van der Waals surface area contributed by atoms with Crippen LogP contribution < -0.4 is 15.5 Å². The topological polar surface area (TPSA) is 108 Å². The van der Waals surface area contributed by atoms with E-state index in [0.717, 1.165) is 17.7 Å². The Morgan fingerprint density at radius 1 is 1.06 bits per heavy atom. The van der Waals surface area contributed by atoms with Gasteiger partial charge in [0.1, 0.15) is 19.1 Å². The summed E-state index contributed by atoms with van der Waals surface area (Å²) < 4.78 is 45.4. The lowest BCUT2D eigenvalue weighted by atomic mass is 10.1. The monoisotopic (exact) mass is 491 g/mol. The van der Waals surface area contributed by atoms with E-state index in [2.05, 4.69) is 22.5 Å². The normalized spacial score (nSPS) is 12.4. The summed E-state index contributed by atoms with van der Waals surface area (Å²) in [6.07, 6.45) is -8.54. The number of rotatable bonds is 9. The Morgan fingerprint density at radius 2 is 1.66 bits per heavy atom. The Labute approximate surface area is 200 Å².